The number of hydrogen-bond acceptors (Lipinski definition) is 2. The molecule has 0 saturated heterocycles. The van der Waals surface area contributed by atoms with Crippen molar-refractivity contribution in [2.45, 2.75) is 26.3 Å². The van der Waals surface area contributed by atoms with Crippen LogP contribution < -0.4 is 5.32 Å². The van der Waals surface area contributed by atoms with Crippen LogP contribution in [0, 0.1) is 0 Å². The van der Waals surface area contributed by atoms with Crippen LogP contribution in [0.1, 0.15) is 31.0 Å². The molecule has 0 radical (unpaired) electrons. The average molecular weight is 164 g/mol. The minimum absolute atomic E-state index is 0.587. The highest BCUT2D eigenvalue weighted by molar-refractivity contribution is 5.19. The fourth-order valence-corrected chi connectivity index (χ4v) is 1.13. The van der Waals surface area contributed by atoms with E-state index in [9.17, 15) is 0 Å². The van der Waals surface area contributed by atoms with E-state index in [1.165, 1.54) is 5.56 Å². The molecule has 2 nitrogen and oxygen atoms in total. The molecule has 0 aromatic carbocycles. The molecule has 0 atom stereocenters. The Hall–Kier alpha value is -0.890. The molecule has 1 rings (SSSR count). The first kappa shape index (κ1) is 9.20. The molecule has 0 unspecified atom stereocenters. The van der Waals surface area contributed by atoms with Crippen LogP contribution in [0.4, 0.5) is 0 Å². The van der Waals surface area contributed by atoms with E-state index >= 15 is 0 Å². The van der Waals surface area contributed by atoms with E-state index in [1.54, 1.807) is 0 Å². The van der Waals surface area contributed by atoms with Crippen LogP contribution in [0.3, 0.4) is 0 Å². The Morgan fingerprint density at radius 3 is 2.83 bits per heavy atom. The summed E-state index contributed by atoms with van der Waals surface area (Å²) in [7, 11) is 1.93. The van der Waals surface area contributed by atoms with Gasteiger partial charge in [0, 0.05) is 12.7 Å². The second-order valence-electron chi connectivity index (χ2n) is 3.27. The normalized spacial score (nSPS) is 10.7. The molecule has 66 valence electrons. The van der Waals surface area contributed by atoms with Gasteiger partial charge in [-0.2, -0.15) is 0 Å². The first-order valence-corrected chi connectivity index (χ1v) is 4.33. The highest BCUT2D eigenvalue weighted by atomic mass is 14.8. The summed E-state index contributed by atoms with van der Waals surface area (Å²) in [6.07, 6.45) is 1.88. The smallest absolute Gasteiger partial charge is 0.0544 e. The fraction of sp³-hybridized carbons (Fsp3) is 0.500. The molecular weight excluding hydrogens is 148 g/mol. The number of pyridine rings is 1. The van der Waals surface area contributed by atoms with Crippen LogP contribution >= 0.6 is 0 Å². The van der Waals surface area contributed by atoms with Crippen molar-refractivity contribution in [3.8, 4) is 0 Å². The monoisotopic (exact) mass is 164 g/mol. The van der Waals surface area contributed by atoms with Gasteiger partial charge in [0.2, 0.25) is 0 Å². The molecule has 0 saturated carbocycles. The summed E-state index contributed by atoms with van der Waals surface area (Å²) < 4.78 is 0. The van der Waals surface area contributed by atoms with E-state index in [0.29, 0.717) is 5.92 Å². The van der Waals surface area contributed by atoms with E-state index in [2.05, 4.69) is 36.3 Å². The van der Waals surface area contributed by atoms with E-state index in [4.69, 9.17) is 0 Å². The fourth-order valence-electron chi connectivity index (χ4n) is 1.13. The molecule has 1 heterocycles. The van der Waals surface area contributed by atoms with E-state index in [1.807, 2.05) is 13.2 Å². The predicted octanol–water partition coefficient (Wildman–Crippen LogP) is 1.92. The zero-order valence-electron chi connectivity index (χ0n) is 7.96. The first-order chi connectivity index (χ1) is 5.74. The number of aromatic nitrogens is 1. The summed E-state index contributed by atoms with van der Waals surface area (Å²) in [4.78, 5) is 4.25. The molecule has 0 fully saturated rings. The van der Waals surface area contributed by atoms with E-state index < -0.39 is 0 Å². The molecule has 0 aliphatic rings. The van der Waals surface area contributed by atoms with Gasteiger partial charge in [0.05, 0.1) is 5.69 Å². The van der Waals surface area contributed by atoms with Gasteiger partial charge >= 0.3 is 0 Å². The van der Waals surface area contributed by atoms with Gasteiger partial charge in [0.15, 0.2) is 0 Å². The Labute approximate surface area is 74.0 Å². The maximum Gasteiger partial charge on any atom is 0.0544 e. The summed E-state index contributed by atoms with van der Waals surface area (Å²) in [5, 5.41) is 3.09. The molecule has 0 aliphatic heterocycles. The second kappa shape index (κ2) is 4.21. The lowest BCUT2D eigenvalue weighted by atomic mass is 10.0. The molecule has 2 heteroatoms. The number of hydrogen-bond donors (Lipinski definition) is 1. The van der Waals surface area contributed by atoms with Crippen molar-refractivity contribution >= 4 is 0 Å². The minimum Gasteiger partial charge on any atom is -0.314 e. The molecule has 0 aliphatic carbocycles. The average Bonchev–Trinajstić information content (AvgIpc) is 2.05. The zero-order valence-corrected chi connectivity index (χ0v) is 7.96. The second-order valence-corrected chi connectivity index (χ2v) is 3.27. The molecule has 1 N–H and O–H groups in total. The van der Waals surface area contributed by atoms with Crippen molar-refractivity contribution in [3.63, 3.8) is 0 Å². The van der Waals surface area contributed by atoms with Gasteiger partial charge in [-0.25, -0.2) is 0 Å². The van der Waals surface area contributed by atoms with Crippen LogP contribution in [0.25, 0.3) is 0 Å². The maximum absolute atomic E-state index is 4.25. The lowest BCUT2D eigenvalue weighted by Crippen LogP contribution is -2.07. The maximum atomic E-state index is 4.25. The number of nitrogens with zero attached hydrogens (tertiary/aromatic N) is 1. The minimum atomic E-state index is 0.587. The molecule has 0 bridgehead atoms. The Balaban J connectivity index is 2.81. The Morgan fingerprint density at radius 2 is 2.25 bits per heavy atom. The Kier molecular flexibility index (Phi) is 3.23. The Bertz CT molecular complexity index is 243. The van der Waals surface area contributed by atoms with Gasteiger partial charge in [0.1, 0.15) is 0 Å². The third kappa shape index (κ3) is 2.31. The molecule has 0 amide bonds. The first-order valence-electron chi connectivity index (χ1n) is 4.33. The summed E-state index contributed by atoms with van der Waals surface area (Å²) >= 11 is 0. The molecule has 1 aromatic rings. The van der Waals surface area contributed by atoms with E-state index in [-0.39, 0.29) is 0 Å². The summed E-state index contributed by atoms with van der Waals surface area (Å²) in [6, 6.07) is 4.23. The highest BCUT2D eigenvalue weighted by Gasteiger charge is 1.99. The van der Waals surface area contributed by atoms with Crippen LogP contribution in [0.5, 0.6) is 0 Å². The highest BCUT2D eigenvalue weighted by Crippen LogP contribution is 2.13. The lowest BCUT2D eigenvalue weighted by molar-refractivity contribution is 0.779. The SMILES string of the molecule is CNCc1cc(C(C)C)ccn1. The predicted molar refractivity (Wildman–Crippen MR) is 51.1 cm³/mol. The third-order valence-electron chi connectivity index (χ3n) is 1.87. The van der Waals surface area contributed by atoms with Crippen molar-refractivity contribution in [2.24, 2.45) is 0 Å². The van der Waals surface area contributed by atoms with Crippen molar-refractivity contribution < 1.29 is 0 Å². The van der Waals surface area contributed by atoms with Crippen molar-refractivity contribution in [2.75, 3.05) is 7.05 Å². The van der Waals surface area contributed by atoms with Crippen LogP contribution in [0.15, 0.2) is 18.3 Å². The Morgan fingerprint density at radius 1 is 1.50 bits per heavy atom. The van der Waals surface area contributed by atoms with Crippen molar-refractivity contribution in [1.29, 1.82) is 0 Å². The zero-order chi connectivity index (χ0) is 8.97. The molecular formula is C10H16N2. The summed E-state index contributed by atoms with van der Waals surface area (Å²) in [5.74, 6) is 0.587. The summed E-state index contributed by atoms with van der Waals surface area (Å²) in [5.41, 5.74) is 2.47. The quantitative estimate of drug-likeness (QED) is 0.738. The molecule has 1 aromatic heterocycles. The lowest BCUT2D eigenvalue weighted by Gasteiger charge is -2.06. The van der Waals surface area contributed by atoms with Gasteiger partial charge in [-0.15, -0.1) is 0 Å². The van der Waals surface area contributed by atoms with Gasteiger partial charge in [-0.3, -0.25) is 4.98 Å². The van der Waals surface area contributed by atoms with Crippen LogP contribution in [-0.4, -0.2) is 12.0 Å². The van der Waals surface area contributed by atoms with Crippen molar-refractivity contribution in [3.05, 3.63) is 29.6 Å². The summed E-state index contributed by atoms with van der Waals surface area (Å²) in [6.45, 7) is 5.23. The van der Waals surface area contributed by atoms with Crippen LogP contribution in [-0.2, 0) is 6.54 Å². The van der Waals surface area contributed by atoms with Gasteiger partial charge < -0.3 is 5.32 Å². The van der Waals surface area contributed by atoms with Gasteiger partial charge in [-0.1, -0.05) is 13.8 Å². The van der Waals surface area contributed by atoms with Gasteiger partial charge in [0.25, 0.3) is 0 Å². The topological polar surface area (TPSA) is 24.9 Å². The third-order valence-corrected chi connectivity index (χ3v) is 1.87. The van der Waals surface area contributed by atoms with E-state index in [0.717, 1.165) is 12.2 Å². The van der Waals surface area contributed by atoms with Crippen LogP contribution in [0.2, 0.25) is 0 Å². The number of nitrogens with one attached hydrogen (secondary N) is 1. The standard InChI is InChI=1S/C10H16N2/c1-8(2)9-4-5-12-10(6-9)7-11-3/h4-6,8,11H,7H2,1-3H3. The van der Waals surface area contributed by atoms with Crippen molar-refractivity contribution in [1.82, 2.24) is 10.3 Å². The van der Waals surface area contributed by atoms with Gasteiger partial charge in [-0.05, 0) is 30.7 Å². The molecule has 12 heavy (non-hydrogen) atoms. The largest absolute Gasteiger partial charge is 0.314 e. The number of rotatable bonds is 3. The molecule has 0 spiro atoms.